The van der Waals surface area contributed by atoms with Crippen molar-refractivity contribution in [1.29, 1.82) is 0 Å². The Labute approximate surface area is 152 Å². The molecule has 0 heterocycles. The Kier molecular flexibility index (Phi) is 6.57. The SMILES string of the molecule is CC(C)(C)OC(=O)[C@H](O)[C@H](NS(=O)(=O)C(F)(F)F)c1ccc([N+](=O)[O-])cc1. The number of aliphatic hydroxyl groups excluding tert-OH is 1. The zero-order valence-electron chi connectivity index (χ0n) is 14.4. The number of nitro benzene ring substituents is 1. The first kappa shape index (κ1) is 22.8. The molecule has 0 aromatic heterocycles. The van der Waals surface area contributed by atoms with E-state index in [0.717, 1.165) is 24.3 Å². The number of halogens is 3. The molecule has 9 nitrogen and oxygen atoms in total. The summed E-state index contributed by atoms with van der Waals surface area (Å²) in [6.45, 7) is 4.29. The van der Waals surface area contributed by atoms with Gasteiger partial charge in [-0.3, -0.25) is 10.1 Å². The van der Waals surface area contributed by atoms with E-state index >= 15 is 0 Å². The average Bonchev–Trinajstić information content (AvgIpc) is 2.49. The number of non-ortho nitro benzene ring substituents is 1. The van der Waals surface area contributed by atoms with Gasteiger partial charge in [-0.1, -0.05) is 12.1 Å². The molecule has 0 aliphatic heterocycles. The first-order valence-corrected chi connectivity index (χ1v) is 8.77. The summed E-state index contributed by atoms with van der Waals surface area (Å²) in [6.07, 6.45) is -2.34. The van der Waals surface area contributed by atoms with Gasteiger partial charge in [0.1, 0.15) is 5.60 Å². The van der Waals surface area contributed by atoms with E-state index in [4.69, 9.17) is 4.74 Å². The highest BCUT2D eigenvalue weighted by Crippen LogP contribution is 2.28. The summed E-state index contributed by atoms with van der Waals surface area (Å²) >= 11 is 0. The summed E-state index contributed by atoms with van der Waals surface area (Å²) in [6, 6.07) is 1.50. The van der Waals surface area contributed by atoms with Gasteiger partial charge in [0.15, 0.2) is 6.10 Å². The summed E-state index contributed by atoms with van der Waals surface area (Å²) in [7, 11) is -5.95. The van der Waals surface area contributed by atoms with Gasteiger partial charge in [-0.2, -0.15) is 17.9 Å². The maximum Gasteiger partial charge on any atom is 0.511 e. The van der Waals surface area contributed by atoms with Crippen LogP contribution >= 0.6 is 0 Å². The van der Waals surface area contributed by atoms with Crippen molar-refractivity contribution in [3.05, 3.63) is 39.9 Å². The number of benzene rings is 1. The van der Waals surface area contributed by atoms with Crippen molar-refractivity contribution < 1.29 is 41.2 Å². The molecule has 0 aliphatic rings. The van der Waals surface area contributed by atoms with E-state index in [0.29, 0.717) is 0 Å². The van der Waals surface area contributed by atoms with Crippen LogP contribution in [0.1, 0.15) is 32.4 Å². The molecule has 2 N–H and O–H groups in total. The van der Waals surface area contributed by atoms with E-state index < -0.39 is 49.9 Å². The molecule has 1 aromatic rings. The Balaban J connectivity index is 3.31. The van der Waals surface area contributed by atoms with Crippen LogP contribution in [-0.4, -0.2) is 41.6 Å². The summed E-state index contributed by atoms with van der Waals surface area (Å²) in [4.78, 5) is 21.9. The fourth-order valence-corrected chi connectivity index (χ4v) is 2.58. The Morgan fingerprint density at radius 2 is 1.70 bits per heavy atom. The van der Waals surface area contributed by atoms with Crippen LogP contribution < -0.4 is 4.72 Å². The lowest BCUT2D eigenvalue weighted by Crippen LogP contribution is -2.46. The molecule has 0 aliphatic carbocycles. The molecular weight excluding hydrogens is 397 g/mol. The zero-order valence-corrected chi connectivity index (χ0v) is 15.2. The lowest BCUT2D eigenvalue weighted by atomic mass is 10.0. The number of aliphatic hydroxyl groups is 1. The van der Waals surface area contributed by atoms with Gasteiger partial charge in [-0.25, -0.2) is 13.2 Å². The van der Waals surface area contributed by atoms with Crippen LogP contribution in [-0.2, 0) is 19.6 Å². The van der Waals surface area contributed by atoms with Crippen LogP contribution in [0.15, 0.2) is 24.3 Å². The summed E-state index contributed by atoms with van der Waals surface area (Å²) in [5, 5.41) is 20.8. The van der Waals surface area contributed by atoms with Crippen molar-refractivity contribution in [3.8, 4) is 0 Å². The highest BCUT2D eigenvalue weighted by Gasteiger charge is 2.48. The van der Waals surface area contributed by atoms with Gasteiger partial charge in [-0.05, 0) is 26.3 Å². The van der Waals surface area contributed by atoms with E-state index in [9.17, 15) is 41.6 Å². The smallest absolute Gasteiger partial charge is 0.458 e. The summed E-state index contributed by atoms with van der Waals surface area (Å²) in [5.41, 5.74) is -7.56. The molecule has 0 radical (unpaired) electrons. The second-order valence-corrected chi connectivity index (χ2v) is 8.08. The normalized spacial score (nSPS) is 15.1. The Hall–Kier alpha value is -2.25. The van der Waals surface area contributed by atoms with E-state index in [2.05, 4.69) is 0 Å². The lowest BCUT2D eigenvalue weighted by molar-refractivity contribution is -0.384. The third-order valence-electron chi connectivity index (χ3n) is 3.01. The number of hydrogen-bond acceptors (Lipinski definition) is 7. The van der Waals surface area contributed by atoms with E-state index in [-0.39, 0.29) is 5.56 Å². The van der Waals surface area contributed by atoms with Gasteiger partial charge in [-0.15, -0.1) is 0 Å². The second kappa shape index (κ2) is 7.78. The van der Waals surface area contributed by atoms with Gasteiger partial charge in [0.2, 0.25) is 0 Å². The molecule has 27 heavy (non-hydrogen) atoms. The molecule has 0 saturated heterocycles. The number of sulfonamides is 1. The molecular formula is C14H17F3N2O7S. The Morgan fingerprint density at radius 1 is 1.22 bits per heavy atom. The number of ether oxygens (including phenoxy) is 1. The molecule has 0 fully saturated rings. The van der Waals surface area contributed by atoms with Gasteiger partial charge < -0.3 is 9.84 Å². The molecule has 0 saturated carbocycles. The molecule has 152 valence electrons. The first-order chi connectivity index (χ1) is 12.0. The predicted molar refractivity (Wildman–Crippen MR) is 85.8 cm³/mol. The quantitative estimate of drug-likeness (QED) is 0.411. The van der Waals surface area contributed by atoms with Crippen LogP contribution in [0.2, 0.25) is 0 Å². The van der Waals surface area contributed by atoms with Gasteiger partial charge in [0.25, 0.3) is 5.69 Å². The molecule has 0 bridgehead atoms. The molecule has 0 spiro atoms. The number of alkyl halides is 3. The van der Waals surface area contributed by atoms with Gasteiger partial charge in [0, 0.05) is 12.1 Å². The van der Waals surface area contributed by atoms with Gasteiger partial charge >= 0.3 is 21.5 Å². The van der Waals surface area contributed by atoms with E-state index in [1.807, 2.05) is 0 Å². The Morgan fingerprint density at radius 3 is 2.07 bits per heavy atom. The van der Waals surface area contributed by atoms with E-state index in [1.54, 1.807) is 0 Å². The minimum Gasteiger partial charge on any atom is -0.458 e. The van der Waals surface area contributed by atoms with Crippen molar-refractivity contribution in [2.24, 2.45) is 0 Å². The van der Waals surface area contributed by atoms with Crippen molar-refractivity contribution in [2.45, 2.75) is 44.0 Å². The zero-order chi connectivity index (χ0) is 21.2. The molecule has 1 rings (SSSR count). The van der Waals surface area contributed by atoms with Crippen molar-refractivity contribution in [3.63, 3.8) is 0 Å². The van der Waals surface area contributed by atoms with Crippen LogP contribution in [0.4, 0.5) is 18.9 Å². The Bertz CT molecular complexity index is 801. The van der Waals surface area contributed by atoms with Crippen LogP contribution in [0.25, 0.3) is 0 Å². The van der Waals surface area contributed by atoms with Crippen LogP contribution in [0.5, 0.6) is 0 Å². The monoisotopic (exact) mass is 414 g/mol. The fraction of sp³-hybridized carbons (Fsp3) is 0.500. The minimum absolute atomic E-state index is 0.313. The van der Waals surface area contributed by atoms with E-state index in [1.165, 1.54) is 25.5 Å². The van der Waals surface area contributed by atoms with Crippen molar-refractivity contribution in [1.82, 2.24) is 4.72 Å². The third-order valence-corrected chi connectivity index (χ3v) is 4.19. The highest BCUT2D eigenvalue weighted by molar-refractivity contribution is 7.90. The standard InChI is InChI=1S/C14H17F3N2O7S/c1-13(2,3)26-12(21)11(20)10(18-27(24,25)14(15,16)17)8-4-6-9(7-5-8)19(22)23/h4-7,10-11,18,20H,1-3H3/t10-,11-/m1/s1. The van der Waals surface area contributed by atoms with Gasteiger partial charge in [0.05, 0.1) is 11.0 Å². The van der Waals surface area contributed by atoms with Crippen LogP contribution in [0, 0.1) is 10.1 Å². The number of esters is 1. The maximum atomic E-state index is 12.7. The number of carbonyl (C=O) groups excluding carboxylic acids is 1. The molecule has 1 aromatic carbocycles. The summed E-state index contributed by atoms with van der Waals surface area (Å²) in [5.74, 6) is -1.38. The minimum atomic E-state index is -5.95. The van der Waals surface area contributed by atoms with Crippen molar-refractivity contribution >= 4 is 21.7 Å². The predicted octanol–water partition coefficient (Wildman–Crippen LogP) is 1.78. The number of rotatable bonds is 6. The van der Waals surface area contributed by atoms with Crippen LogP contribution in [0.3, 0.4) is 0 Å². The molecule has 2 atom stereocenters. The molecule has 0 unspecified atom stereocenters. The third kappa shape index (κ3) is 6.15. The topological polar surface area (TPSA) is 136 Å². The first-order valence-electron chi connectivity index (χ1n) is 7.29. The molecule has 0 amide bonds. The number of nitro groups is 1. The maximum absolute atomic E-state index is 12.7. The number of hydrogen-bond donors (Lipinski definition) is 2. The number of nitrogens with zero attached hydrogens (tertiary/aromatic N) is 1. The summed E-state index contributed by atoms with van der Waals surface area (Å²) < 4.78 is 66.9. The lowest BCUT2D eigenvalue weighted by Gasteiger charge is -2.27. The largest absolute Gasteiger partial charge is 0.511 e. The second-order valence-electron chi connectivity index (χ2n) is 6.37. The average molecular weight is 414 g/mol. The number of nitrogens with one attached hydrogen (secondary N) is 1. The van der Waals surface area contributed by atoms with Crippen molar-refractivity contribution in [2.75, 3.05) is 0 Å². The fourth-order valence-electron chi connectivity index (χ4n) is 1.85. The number of carbonyl (C=O) groups is 1. The molecule has 13 heteroatoms. The highest BCUT2D eigenvalue weighted by atomic mass is 32.2.